The molecule has 0 saturated heterocycles. The zero-order valence-corrected chi connectivity index (χ0v) is 35.1. The molecule has 0 spiro atoms. The zero-order chi connectivity index (χ0) is 26.5. The van der Waals surface area contributed by atoms with Crippen LogP contribution in [-0.4, -0.2) is 27.5 Å². The molecule has 0 amide bonds. The van der Waals surface area contributed by atoms with Crippen molar-refractivity contribution in [3.8, 4) is 0 Å². The molecular weight excluding hydrogens is 612 g/mol. The first-order valence-corrected chi connectivity index (χ1v) is 20.8. The van der Waals surface area contributed by atoms with E-state index in [9.17, 15) is 0 Å². The molecule has 0 aliphatic heterocycles. The van der Waals surface area contributed by atoms with Gasteiger partial charge in [0.25, 0.3) is 0 Å². The standard InChI is InChI=1S/C32H54N2Si2.4CH3.2Ti/c1-31(2,3)33-35(7,8)29-21-23(25-15-11-13-17-27(25)29)19-20-24-22-30(28-18-14-12-16-26(24)28)36(9,10)34-32(4,5)6;;;;;;/h11-18,23-30H,19-22H2,1-10H3;4*1H3;;/q-2;4*-1;2*+4. The van der Waals surface area contributed by atoms with Crippen LogP contribution in [0.4, 0.5) is 0 Å². The average molecular weight is 679 g/mol. The summed E-state index contributed by atoms with van der Waals surface area (Å²) < 4.78 is 0. The third kappa shape index (κ3) is 11.2. The van der Waals surface area contributed by atoms with Crippen LogP contribution in [0.2, 0.25) is 37.3 Å². The molecule has 0 aromatic heterocycles. The van der Waals surface area contributed by atoms with E-state index in [0.29, 0.717) is 11.8 Å². The maximum Gasteiger partial charge on any atom is 4.00 e. The fourth-order valence-electron chi connectivity index (χ4n) is 8.77. The first kappa shape index (κ1) is 47.2. The van der Waals surface area contributed by atoms with Gasteiger partial charge in [-0.3, -0.25) is 0 Å². The second-order valence-corrected chi connectivity index (χ2v) is 24.0. The van der Waals surface area contributed by atoms with Gasteiger partial charge in [-0.15, -0.1) is 11.1 Å². The Bertz CT molecular complexity index is 836. The van der Waals surface area contributed by atoms with Gasteiger partial charge in [-0.25, -0.2) is 0 Å². The van der Waals surface area contributed by atoms with Crippen LogP contribution in [0.3, 0.4) is 0 Å². The first-order valence-electron chi connectivity index (χ1n) is 14.8. The second-order valence-electron chi connectivity index (χ2n) is 15.5. The molecule has 8 unspecified atom stereocenters. The predicted octanol–water partition coefficient (Wildman–Crippen LogP) is 11.8. The quantitative estimate of drug-likeness (QED) is 0.189. The van der Waals surface area contributed by atoms with Crippen molar-refractivity contribution in [1.29, 1.82) is 0 Å². The van der Waals surface area contributed by atoms with Crippen molar-refractivity contribution < 1.29 is 43.4 Å². The molecule has 42 heavy (non-hydrogen) atoms. The largest absolute Gasteiger partial charge is 4.00 e. The molecular formula is C36H66N2Si2Ti2+2. The van der Waals surface area contributed by atoms with Crippen LogP contribution in [0.5, 0.6) is 0 Å². The number of rotatable bonds is 7. The van der Waals surface area contributed by atoms with E-state index in [1.807, 2.05) is 0 Å². The zero-order valence-electron chi connectivity index (χ0n) is 30.0. The molecule has 0 heterocycles. The van der Waals surface area contributed by atoms with Crippen LogP contribution in [-0.2, 0) is 43.4 Å². The molecule has 2 fully saturated rings. The maximum absolute atomic E-state index is 5.46. The van der Waals surface area contributed by atoms with E-state index in [-0.39, 0.29) is 84.2 Å². The van der Waals surface area contributed by atoms with E-state index >= 15 is 0 Å². The molecule has 2 saturated carbocycles. The fourth-order valence-corrected chi connectivity index (χ4v) is 16.9. The minimum atomic E-state index is -1.69. The molecule has 6 heteroatoms. The van der Waals surface area contributed by atoms with Crippen molar-refractivity contribution in [1.82, 2.24) is 0 Å². The summed E-state index contributed by atoms with van der Waals surface area (Å²) in [4.78, 5) is 10.9. The minimum Gasteiger partial charge on any atom is -0.660 e. The molecule has 0 aromatic rings. The molecule has 0 aromatic carbocycles. The molecule has 4 rings (SSSR count). The van der Waals surface area contributed by atoms with E-state index in [2.05, 4.69) is 116 Å². The van der Waals surface area contributed by atoms with Crippen LogP contribution < -0.4 is 0 Å². The third-order valence-corrected chi connectivity index (χ3v) is 16.9. The van der Waals surface area contributed by atoms with Gasteiger partial charge in [0.1, 0.15) is 0 Å². The Labute approximate surface area is 297 Å². The van der Waals surface area contributed by atoms with E-state index in [0.717, 1.165) is 34.8 Å². The smallest absolute Gasteiger partial charge is 0.660 e. The Morgan fingerprint density at radius 2 is 0.786 bits per heavy atom. The summed E-state index contributed by atoms with van der Waals surface area (Å²) in [6.07, 6.45) is 25.0. The molecule has 0 bridgehead atoms. The van der Waals surface area contributed by atoms with Gasteiger partial charge in [0.15, 0.2) is 0 Å². The van der Waals surface area contributed by atoms with Crippen LogP contribution in [0.25, 0.3) is 9.96 Å². The molecule has 0 N–H and O–H groups in total. The molecule has 8 atom stereocenters. The average Bonchev–Trinajstić information content (AvgIpc) is 3.28. The summed E-state index contributed by atoms with van der Waals surface area (Å²) in [5.41, 5.74) is 1.68. The monoisotopic (exact) mass is 678 g/mol. The van der Waals surface area contributed by atoms with Gasteiger partial charge in [-0.2, -0.15) is 0 Å². The minimum absolute atomic E-state index is 0. The SMILES string of the molecule is CC(C)(C)[N-][Si](C)(C)C1CC(CCC2CC([Si](C)(C)[N-]C(C)(C)C)C3C=CC=CC23)C2C=CC=CC21.[CH3-].[CH3-].[CH3-].[CH3-].[Ti+4].[Ti+4]. The molecule has 234 valence electrons. The number of hydrogen-bond acceptors (Lipinski definition) is 0. The van der Waals surface area contributed by atoms with Crippen LogP contribution in [0, 0.1) is 65.2 Å². The van der Waals surface area contributed by atoms with Gasteiger partial charge < -0.3 is 39.7 Å². The van der Waals surface area contributed by atoms with E-state index < -0.39 is 16.5 Å². The summed E-state index contributed by atoms with van der Waals surface area (Å²) in [6.45, 7) is 23.9. The van der Waals surface area contributed by atoms with E-state index in [4.69, 9.17) is 9.96 Å². The van der Waals surface area contributed by atoms with Crippen LogP contribution in [0.1, 0.15) is 67.2 Å². The Hall–Kier alpha value is 0.742. The summed E-state index contributed by atoms with van der Waals surface area (Å²) in [5, 5.41) is 0. The summed E-state index contributed by atoms with van der Waals surface area (Å²) >= 11 is 0. The number of hydrogen-bond donors (Lipinski definition) is 0. The molecule has 4 aliphatic rings. The fraction of sp³-hybridized carbons (Fsp3) is 0.667. The third-order valence-electron chi connectivity index (χ3n) is 9.55. The number of allylic oxidation sites excluding steroid dienone is 8. The van der Waals surface area contributed by atoms with E-state index in [1.165, 1.54) is 25.7 Å². The number of fused-ring (bicyclic) bond motifs is 2. The Morgan fingerprint density at radius 3 is 1.05 bits per heavy atom. The van der Waals surface area contributed by atoms with E-state index in [1.54, 1.807) is 0 Å². The summed E-state index contributed by atoms with van der Waals surface area (Å²) in [6, 6.07) is 0. The second kappa shape index (κ2) is 17.6. The molecule has 2 nitrogen and oxygen atoms in total. The van der Waals surface area contributed by atoms with Crippen molar-refractivity contribution in [3.63, 3.8) is 0 Å². The van der Waals surface area contributed by atoms with Crippen LogP contribution >= 0.6 is 0 Å². The summed E-state index contributed by atoms with van der Waals surface area (Å²) in [7, 11) is -3.38. The Balaban J connectivity index is -0.00000253. The van der Waals surface area contributed by atoms with Crippen molar-refractivity contribution >= 4 is 16.5 Å². The molecule has 4 aliphatic carbocycles. The normalized spacial score (nSPS) is 31.2. The first-order chi connectivity index (χ1) is 16.6. The van der Waals surface area contributed by atoms with Crippen molar-refractivity contribution in [3.05, 3.63) is 88.3 Å². The topological polar surface area (TPSA) is 28.2 Å². The van der Waals surface area contributed by atoms with Gasteiger partial charge in [-0.1, -0.05) is 157 Å². The van der Waals surface area contributed by atoms with Crippen molar-refractivity contribution in [2.45, 2.75) is 116 Å². The predicted molar refractivity (Wildman–Crippen MR) is 190 cm³/mol. The van der Waals surface area contributed by atoms with Gasteiger partial charge in [0.2, 0.25) is 0 Å². The Morgan fingerprint density at radius 1 is 0.524 bits per heavy atom. The Kier molecular flexibility index (Phi) is 19.8. The number of nitrogens with zero attached hydrogens (tertiary/aromatic N) is 2. The van der Waals surface area contributed by atoms with Gasteiger partial charge in [0, 0.05) is 0 Å². The van der Waals surface area contributed by atoms with Gasteiger partial charge >= 0.3 is 43.4 Å². The van der Waals surface area contributed by atoms with Crippen LogP contribution in [0.15, 0.2) is 48.6 Å². The summed E-state index contributed by atoms with van der Waals surface area (Å²) in [5.74, 6) is 4.47. The van der Waals surface area contributed by atoms with Gasteiger partial charge in [-0.05, 0) is 48.3 Å². The molecule has 0 radical (unpaired) electrons. The maximum atomic E-state index is 5.46. The van der Waals surface area contributed by atoms with Crippen molar-refractivity contribution in [2.24, 2.45) is 35.5 Å². The van der Waals surface area contributed by atoms with Crippen molar-refractivity contribution in [2.75, 3.05) is 0 Å². The van der Waals surface area contributed by atoms with Gasteiger partial charge in [0.05, 0.1) is 0 Å².